The van der Waals surface area contributed by atoms with Crippen LogP contribution in [0.5, 0.6) is 11.5 Å². The Balaban J connectivity index is 0.000000171. The average Bonchev–Trinajstić information content (AvgIpc) is 3.26. The molecule has 8 rings (SSSR count). The van der Waals surface area contributed by atoms with E-state index in [2.05, 4.69) is 34.7 Å². The Morgan fingerprint density at radius 1 is 0.443 bits per heavy atom. The zero-order valence-electron chi connectivity index (χ0n) is 31.6. The summed E-state index contributed by atoms with van der Waals surface area (Å²) in [4.78, 5) is 18.1. The van der Waals surface area contributed by atoms with Crippen LogP contribution in [0.1, 0.15) is 0 Å². The Kier molecular flexibility index (Phi) is 14.1. The Morgan fingerprint density at radius 2 is 0.820 bits per heavy atom. The molecule has 0 saturated heterocycles. The summed E-state index contributed by atoms with van der Waals surface area (Å²) >= 11 is 6.10. The van der Waals surface area contributed by atoms with Gasteiger partial charge in [-0.3, -0.25) is 0 Å². The maximum Gasteiger partial charge on any atom is 0.573 e. The van der Waals surface area contributed by atoms with Crippen LogP contribution in [-0.4, -0.2) is 32.7 Å². The molecule has 0 spiro atoms. The third-order valence-electron chi connectivity index (χ3n) is 8.10. The summed E-state index contributed by atoms with van der Waals surface area (Å²) in [7, 11) is 0. The largest absolute Gasteiger partial charge is 0.573 e. The molecule has 0 atom stereocenters. The van der Waals surface area contributed by atoms with E-state index in [9.17, 15) is 26.3 Å². The molecule has 0 aliphatic carbocycles. The Labute approximate surface area is 351 Å². The molecule has 2 heterocycles. The van der Waals surface area contributed by atoms with Crippen LogP contribution in [0.3, 0.4) is 0 Å². The van der Waals surface area contributed by atoms with Gasteiger partial charge in [0, 0.05) is 45.8 Å². The number of alkyl halides is 6. The summed E-state index contributed by atoms with van der Waals surface area (Å²) in [6, 6.07) is 53.0. The fourth-order valence-corrected chi connectivity index (χ4v) is 5.62. The number of benzene rings is 6. The second-order valence-corrected chi connectivity index (χ2v) is 13.0. The van der Waals surface area contributed by atoms with E-state index in [1.165, 1.54) is 36.4 Å². The predicted molar refractivity (Wildman–Crippen MR) is 225 cm³/mol. The van der Waals surface area contributed by atoms with Crippen LogP contribution < -0.4 is 20.5 Å². The molecule has 0 radical (unpaired) electrons. The summed E-state index contributed by atoms with van der Waals surface area (Å²) < 4.78 is 79.3. The van der Waals surface area contributed by atoms with Gasteiger partial charge in [-0.2, -0.15) is 0 Å². The van der Waals surface area contributed by atoms with Crippen molar-refractivity contribution in [3.05, 3.63) is 187 Å². The van der Waals surface area contributed by atoms with E-state index in [0.29, 0.717) is 34.0 Å². The number of ether oxygens (including phenoxy) is 2. The highest BCUT2D eigenvalue weighted by Crippen LogP contribution is 2.29. The molecule has 0 aliphatic heterocycles. The van der Waals surface area contributed by atoms with Crippen LogP contribution >= 0.6 is 11.6 Å². The minimum absolute atomic E-state index is 0.267. The molecule has 0 amide bonds. The van der Waals surface area contributed by atoms with Crippen LogP contribution in [-0.2, 0) is 0 Å². The Hall–Kier alpha value is -7.45. The highest BCUT2D eigenvalue weighted by Gasteiger charge is 2.31. The summed E-state index contributed by atoms with van der Waals surface area (Å²) in [6.07, 6.45) is -9.37. The van der Waals surface area contributed by atoms with Crippen molar-refractivity contribution in [1.29, 1.82) is 0 Å². The van der Waals surface area contributed by atoms with E-state index in [-0.39, 0.29) is 11.5 Å². The van der Waals surface area contributed by atoms with Crippen molar-refractivity contribution in [2.24, 2.45) is 0 Å². The number of nitrogens with one attached hydrogen (secondary N) is 1. The number of hydrogen-bond donors (Lipinski definition) is 2. The lowest BCUT2D eigenvalue weighted by Gasteiger charge is -2.12. The van der Waals surface area contributed by atoms with Gasteiger partial charge in [0.1, 0.15) is 22.5 Å². The van der Waals surface area contributed by atoms with Crippen molar-refractivity contribution in [2.45, 2.75) is 12.7 Å². The number of hydrogen-bond acceptors (Lipinski definition) is 8. The van der Waals surface area contributed by atoms with E-state index in [0.717, 1.165) is 45.8 Å². The minimum atomic E-state index is -4.73. The van der Waals surface area contributed by atoms with Crippen molar-refractivity contribution in [1.82, 2.24) is 19.9 Å². The molecule has 0 bridgehead atoms. The number of aromatic nitrogens is 4. The van der Waals surface area contributed by atoms with Gasteiger partial charge in [0.05, 0.1) is 11.4 Å². The first kappa shape index (κ1) is 43.1. The first-order valence-corrected chi connectivity index (χ1v) is 18.5. The van der Waals surface area contributed by atoms with Crippen LogP contribution in [0.4, 0.5) is 43.5 Å². The van der Waals surface area contributed by atoms with Crippen LogP contribution in [0.25, 0.3) is 45.3 Å². The summed E-state index contributed by atoms with van der Waals surface area (Å²) in [5, 5.41) is 3.58. The third-order valence-corrected chi connectivity index (χ3v) is 8.29. The molecule has 6 aromatic carbocycles. The number of rotatable bonds is 8. The number of nitrogens with two attached hydrogens (primary N) is 1. The molecular formula is C46H33ClF6N6O2. The summed E-state index contributed by atoms with van der Waals surface area (Å²) in [6.45, 7) is 0. The highest BCUT2D eigenvalue weighted by molar-refractivity contribution is 6.29. The maximum atomic E-state index is 12.3. The zero-order valence-corrected chi connectivity index (χ0v) is 32.4. The van der Waals surface area contributed by atoms with Crippen molar-refractivity contribution < 1.29 is 35.8 Å². The number of halogens is 7. The Morgan fingerprint density at radius 3 is 1.25 bits per heavy atom. The zero-order chi connectivity index (χ0) is 43.2. The summed E-state index contributed by atoms with van der Waals surface area (Å²) in [5.41, 5.74) is 11.5. The first-order chi connectivity index (χ1) is 29.3. The van der Waals surface area contributed by atoms with E-state index in [1.54, 1.807) is 12.1 Å². The lowest BCUT2D eigenvalue weighted by molar-refractivity contribution is -0.275. The van der Waals surface area contributed by atoms with Crippen molar-refractivity contribution >= 4 is 28.8 Å². The van der Waals surface area contributed by atoms with Gasteiger partial charge in [0.2, 0.25) is 0 Å². The normalized spacial score (nSPS) is 10.9. The van der Waals surface area contributed by atoms with E-state index < -0.39 is 12.7 Å². The van der Waals surface area contributed by atoms with E-state index >= 15 is 0 Å². The van der Waals surface area contributed by atoms with Gasteiger partial charge in [-0.05, 0) is 48.5 Å². The fourth-order valence-electron chi connectivity index (χ4n) is 5.43. The summed E-state index contributed by atoms with van der Waals surface area (Å²) in [5.74, 6) is 1.15. The monoisotopic (exact) mass is 850 g/mol. The van der Waals surface area contributed by atoms with Gasteiger partial charge in [0.15, 0.2) is 11.6 Å². The van der Waals surface area contributed by atoms with Crippen LogP contribution in [0.2, 0.25) is 5.15 Å². The number of anilines is 3. The molecule has 8 aromatic rings. The lowest BCUT2D eigenvalue weighted by atomic mass is 10.1. The van der Waals surface area contributed by atoms with Crippen LogP contribution in [0.15, 0.2) is 182 Å². The topological polar surface area (TPSA) is 108 Å². The van der Waals surface area contributed by atoms with Crippen molar-refractivity contribution in [2.75, 3.05) is 11.1 Å². The van der Waals surface area contributed by atoms with Crippen molar-refractivity contribution in [3.8, 4) is 56.8 Å². The SMILES string of the molecule is Clc1cc(-c2ccccc2)nc(-c2ccccc2)n1.FC(F)(F)Oc1ccc(Nc2cc(-c3ccccc3)nc(-c3ccccc3)n2)cc1.Nc1ccc(OC(F)(F)F)cc1. The maximum absolute atomic E-state index is 12.3. The molecule has 0 saturated carbocycles. The predicted octanol–water partition coefficient (Wildman–Crippen LogP) is 13.1. The molecular weight excluding hydrogens is 818 g/mol. The molecule has 2 aromatic heterocycles. The number of nitrogen functional groups attached to an aromatic ring is 1. The molecule has 0 fully saturated rings. The molecule has 3 N–H and O–H groups in total. The second-order valence-electron chi connectivity index (χ2n) is 12.6. The molecule has 15 heteroatoms. The van der Waals surface area contributed by atoms with Gasteiger partial charge >= 0.3 is 12.7 Å². The minimum Gasteiger partial charge on any atom is -0.406 e. The fraction of sp³-hybridized carbons (Fsp3) is 0.0435. The lowest BCUT2D eigenvalue weighted by Crippen LogP contribution is -2.17. The van der Waals surface area contributed by atoms with E-state index in [1.807, 2.05) is 121 Å². The molecule has 8 nitrogen and oxygen atoms in total. The van der Waals surface area contributed by atoms with Crippen molar-refractivity contribution in [3.63, 3.8) is 0 Å². The quantitative estimate of drug-likeness (QED) is 0.0884. The number of nitrogens with zero attached hydrogens (tertiary/aromatic N) is 4. The molecule has 308 valence electrons. The molecule has 0 unspecified atom stereocenters. The highest BCUT2D eigenvalue weighted by atomic mass is 35.5. The van der Waals surface area contributed by atoms with Gasteiger partial charge in [0.25, 0.3) is 0 Å². The Bertz CT molecular complexity index is 2470. The van der Waals surface area contributed by atoms with E-state index in [4.69, 9.17) is 17.3 Å². The third kappa shape index (κ3) is 13.8. The van der Waals surface area contributed by atoms with Gasteiger partial charge < -0.3 is 20.5 Å². The average molecular weight is 851 g/mol. The standard InChI is InChI=1S/C23H16F3N3O.C16H11ClN2.C7H6F3NO/c24-23(25,26)30-19-13-11-18(12-14-19)27-21-15-20(16-7-3-1-4-8-16)28-22(29-21)17-9-5-2-6-10-17;17-15-11-14(12-7-3-1-4-8-12)18-16(19-15)13-9-5-2-6-10-13;8-7(9,10)12-6-3-1-5(11)2-4-6/h1-15H,(H,27,28,29);1-11H;1-4H,11H2. The van der Waals surface area contributed by atoms with Crippen LogP contribution in [0, 0.1) is 0 Å². The van der Waals surface area contributed by atoms with Gasteiger partial charge in [-0.1, -0.05) is 133 Å². The smallest absolute Gasteiger partial charge is 0.406 e. The van der Waals surface area contributed by atoms with Gasteiger partial charge in [-0.15, -0.1) is 26.3 Å². The van der Waals surface area contributed by atoms with Gasteiger partial charge in [-0.25, -0.2) is 19.9 Å². The first-order valence-electron chi connectivity index (χ1n) is 18.2. The molecule has 61 heavy (non-hydrogen) atoms. The second kappa shape index (κ2) is 20.0. The molecule has 0 aliphatic rings.